The van der Waals surface area contributed by atoms with E-state index in [1.807, 2.05) is 0 Å². The van der Waals surface area contributed by atoms with Crippen LogP contribution in [0.4, 0.5) is 21.5 Å². The molecule has 0 aliphatic carbocycles. The van der Waals surface area contributed by atoms with Gasteiger partial charge in [-0.1, -0.05) is 18.2 Å². The molecule has 1 amide bonds. The van der Waals surface area contributed by atoms with E-state index in [0.29, 0.717) is 27.7 Å². The maximum absolute atomic E-state index is 14.4. The van der Waals surface area contributed by atoms with E-state index in [1.54, 1.807) is 36.4 Å². The van der Waals surface area contributed by atoms with Crippen molar-refractivity contribution in [1.29, 1.82) is 0 Å². The molecule has 10 nitrogen and oxygen atoms in total. The summed E-state index contributed by atoms with van der Waals surface area (Å²) in [5.41, 5.74) is 6.35. The van der Waals surface area contributed by atoms with Crippen molar-refractivity contribution >= 4 is 73.2 Å². The van der Waals surface area contributed by atoms with E-state index >= 15 is 0 Å². The van der Waals surface area contributed by atoms with Gasteiger partial charge in [-0.15, -0.1) is 12.4 Å². The molecule has 43 heavy (non-hydrogen) atoms. The van der Waals surface area contributed by atoms with Crippen LogP contribution in [0.2, 0.25) is 0 Å². The number of amides is 1. The van der Waals surface area contributed by atoms with Crippen LogP contribution in [0.5, 0.6) is 5.75 Å². The van der Waals surface area contributed by atoms with E-state index in [4.69, 9.17) is 10.5 Å². The molecule has 0 spiro atoms. The lowest BCUT2D eigenvalue weighted by Gasteiger charge is -2.24. The predicted molar refractivity (Wildman–Crippen MR) is 165 cm³/mol. The Kier molecular flexibility index (Phi) is 7.20. The summed E-state index contributed by atoms with van der Waals surface area (Å²) in [6.07, 6.45) is 1.32. The second kappa shape index (κ2) is 10.3. The summed E-state index contributed by atoms with van der Waals surface area (Å²) < 4.78 is 47.9. The zero-order chi connectivity index (χ0) is 30.1. The van der Waals surface area contributed by atoms with Crippen molar-refractivity contribution in [3.05, 3.63) is 90.0 Å². The summed E-state index contributed by atoms with van der Waals surface area (Å²) in [7, 11) is 0.341. The number of anilines is 3. The number of rotatable bonds is 6. The van der Waals surface area contributed by atoms with Crippen LogP contribution in [0.25, 0.3) is 21.8 Å². The van der Waals surface area contributed by atoms with Crippen LogP contribution in [0.15, 0.2) is 72.9 Å². The number of para-hydroxylation sites is 1. The van der Waals surface area contributed by atoms with Crippen molar-refractivity contribution in [2.75, 3.05) is 31.8 Å². The summed E-state index contributed by atoms with van der Waals surface area (Å²) >= 11 is 0. The number of pyridine rings is 1. The number of nitrogen functional groups attached to an aromatic ring is 1. The number of methoxy groups -OCH3 is 1. The van der Waals surface area contributed by atoms with Crippen LogP contribution >= 0.6 is 12.4 Å². The number of nitrogens with two attached hydrogens (primary N) is 1. The number of benzene rings is 3. The number of carbonyl (C=O) groups excluding carboxylic acids is 2. The minimum absolute atomic E-state index is 0. The van der Waals surface area contributed by atoms with E-state index in [9.17, 15) is 22.4 Å². The topological polar surface area (TPSA) is 128 Å². The first-order chi connectivity index (χ1) is 19.9. The zero-order valence-electron chi connectivity index (χ0n) is 23.5. The number of hydrogen-bond donors (Lipinski definition) is 1. The highest BCUT2D eigenvalue weighted by Gasteiger charge is 2.55. The van der Waals surface area contributed by atoms with Crippen LogP contribution in [-0.2, 0) is 20.4 Å². The molecule has 1 aliphatic heterocycles. The number of fused-ring (bicyclic) bond motifs is 4. The molecule has 1 atom stereocenters. The smallest absolute Gasteiger partial charge is 0.308 e. The monoisotopic (exact) mass is 623 g/mol. The maximum atomic E-state index is 14.4. The molecule has 3 heterocycles. The molecule has 0 saturated heterocycles. The van der Waals surface area contributed by atoms with Crippen molar-refractivity contribution in [2.45, 2.75) is 12.3 Å². The highest BCUT2D eigenvalue weighted by molar-refractivity contribution is 7.87. The molecule has 2 aromatic heterocycles. The number of carbonyl (C=O) groups is 2. The number of hydrogen-bond acceptors (Lipinski definition) is 7. The van der Waals surface area contributed by atoms with Gasteiger partial charge in [0.25, 0.3) is 0 Å². The highest BCUT2D eigenvalue weighted by atomic mass is 35.5. The van der Waals surface area contributed by atoms with Gasteiger partial charge >= 0.3 is 10.2 Å². The molecular formula is C30H27ClFN5O5S. The summed E-state index contributed by atoms with van der Waals surface area (Å²) in [6.45, 7) is 1.47. The first-order valence-electron chi connectivity index (χ1n) is 12.9. The average Bonchev–Trinajstić information content (AvgIpc) is 3.43. The summed E-state index contributed by atoms with van der Waals surface area (Å²) in [6, 6.07) is 17.0. The van der Waals surface area contributed by atoms with Crippen LogP contribution in [0.3, 0.4) is 0 Å². The first kappa shape index (κ1) is 30.0. The lowest BCUT2D eigenvalue weighted by Crippen LogP contribution is -2.43. The normalized spacial score (nSPS) is 16.5. The van der Waals surface area contributed by atoms with Crippen molar-refractivity contribution < 1.29 is 27.1 Å². The molecular weight excluding hydrogens is 597 g/mol. The summed E-state index contributed by atoms with van der Waals surface area (Å²) in [5, 5.41) is 1.06. The maximum Gasteiger partial charge on any atom is 0.308 e. The fourth-order valence-corrected chi connectivity index (χ4v) is 6.73. The molecule has 2 N–H and O–H groups in total. The molecule has 222 valence electrons. The van der Waals surface area contributed by atoms with Gasteiger partial charge in [0.05, 0.1) is 35.7 Å². The molecule has 13 heteroatoms. The van der Waals surface area contributed by atoms with Gasteiger partial charge in [0.2, 0.25) is 11.7 Å². The minimum atomic E-state index is -3.94. The molecule has 6 rings (SSSR count). The number of Topliss-reactive ketones (excluding diaryl/α,β-unsaturated/α-hetero) is 1. The highest BCUT2D eigenvalue weighted by Crippen LogP contribution is 2.52. The average molecular weight is 624 g/mol. The van der Waals surface area contributed by atoms with Gasteiger partial charge < -0.3 is 10.5 Å². The Morgan fingerprint density at radius 2 is 1.70 bits per heavy atom. The Balaban J connectivity index is 0.00000368. The third-order valence-electron chi connectivity index (χ3n) is 7.75. The van der Waals surface area contributed by atoms with Gasteiger partial charge in [-0.2, -0.15) is 12.7 Å². The third kappa shape index (κ3) is 4.16. The number of ketones is 1. The molecule has 5 aromatic rings. The lowest BCUT2D eigenvalue weighted by molar-refractivity contribution is -0.120. The fraction of sp³-hybridized carbons (Fsp3) is 0.167. The number of nitrogens with zero attached hydrogens (tertiary/aromatic N) is 4. The molecule has 0 radical (unpaired) electrons. The van der Waals surface area contributed by atoms with Crippen molar-refractivity contribution in [2.24, 2.45) is 0 Å². The zero-order valence-corrected chi connectivity index (χ0v) is 25.2. The Bertz CT molecular complexity index is 2060. The standard InChI is InChI=1S/C30H26FN5O5S.ClH/c1-30(26-23(13-14-25(41-4)27(26)32)35(29(30)38)18-11-9-17(31)10-12-18)28(37)21-15-20-19-7-5-6-8-22(19)36(24(20)16-33-21)42(39,40)34(2)3;/h5-16H,32H2,1-4H3;1H/t30-;/m0./s1. The Morgan fingerprint density at radius 1 is 1.02 bits per heavy atom. The summed E-state index contributed by atoms with van der Waals surface area (Å²) in [4.78, 5) is 34.3. The minimum Gasteiger partial charge on any atom is -0.495 e. The third-order valence-corrected chi connectivity index (χ3v) is 9.53. The quantitative estimate of drug-likeness (QED) is 0.163. The second-order valence-electron chi connectivity index (χ2n) is 10.3. The Hall–Kier alpha value is -4.52. The SMILES string of the molecule is COc1ccc2c(c1N)[C@@](C)(C(=O)c1cc3c4ccccc4n(S(=O)(=O)N(C)C)c3cn1)C(=O)N2c1ccc(F)cc1.Cl. The largest absolute Gasteiger partial charge is 0.495 e. The number of ether oxygens (including phenoxy) is 1. The van der Waals surface area contributed by atoms with E-state index in [-0.39, 0.29) is 40.6 Å². The van der Waals surface area contributed by atoms with Gasteiger partial charge in [-0.05, 0) is 55.5 Å². The van der Waals surface area contributed by atoms with E-state index < -0.39 is 33.1 Å². The Morgan fingerprint density at radius 3 is 2.35 bits per heavy atom. The Labute approximate surface area is 253 Å². The molecule has 0 fully saturated rings. The van der Waals surface area contributed by atoms with E-state index in [1.165, 1.54) is 73.5 Å². The molecule has 0 saturated carbocycles. The van der Waals surface area contributed by atoms with Crippen LogP contribution in [0, 0.1) is 5.82 Å². The van der Waals surface area contributed by atoms with Crippen molar-refractivity contribution in [1.82, 2.24) is 13.3 Å². The predicted octanol–water partition coefficient (Wildman–Crippen LogP) is 4.81. The van der Waals surface area contributed by atoms with Gasteiger partial charge in [-0.3, -0.25) is 19.5 Å². The fourth-order valence-electron chi connectivity index (χ4n) is 5.60. The van der Waals surface area contributed by atoms with Crippen molar-refractivity contribution in [3.63, 3.8) is 0 Å². The molecule has 3 aromatic carbocycles. The number of aromatic nitrogens is 2. The van der Waals surface area contributed by atoms with Gasteiger partial charge in [0.15, 0.2) is 0 Å². The lowest BCUT2D eigenvalue weighted by atomic mass is 9.77. The summed E-state index contributed by atoms with van der Waals surface area (Å²) in [5.74, 6) is -1.45. The molecule has 0 unspecified atom stereocenters. The van der Waals surface area contributed by atoms with E-state index in [0.717, 1.165) is 4.31 Å². The van der Waals surface area contributed by atoms with Crippen LogP contribution < -0.4 is 15.4 Å². The van der Waals surface area contributed by atoms with Gasteiger partial charge in [-0.25, -0.2) is 8.36 Å². The van der Waals surface area contributed by atoms with Gasteiger partial charge in [0, 0.05) is 36.1 Å². The molecule has 1 aliphatic rings. The first-order valence-corrected chi connectivity index (χ1v) is 14.3. The number of halogens is 2. The second-order valence-corrected chi connectivity index (χ2v) is 12.3. The van der Waals surface area contributed by atoms with Crippen LogP contribution in [0.1, 0.15) is 23.0 Å². The van der Waals surface area contributed by atoms with Crippen molar-refractivity contribution in [3.8, 4) is 5.75 Å². The van der Waals surface area contributed by atoms with E-state index in [2.05, 4.69) is 4.98 Å². The van der Waals surface area contributed by atoms with Crippen LogP contribution in [-0.4, -0.2) is 54.6 Å². The molecule has 0 bridgehead atoms. The van der Waals surface area contributed by atoms with Gasteiger partial charge in [0.1, 0.15) is 22.7 Å².